The molecule has 0 bridgehead atoms. The number of rotatable bonds is 3. The first-order valence-corrected chi connectivity index (χ1v) is 8.34. The Morgan fingerprint density at radius 1 is 1.24 bits per heavy atom. The van der Waals surface area contributed by atoms with Gasteiger partial charge in [-0.25, -0.2) is 0 Å². The van der Waals surface area contributed by atoms with Gasteiger partial charge in [-0.1, -0.05) is 0 Å². The molecule has 0 aromatic heterocycles. The zero-order valence-electron chi connectivity index (χ0n) is 13.4. The van der Waals surface area contributed by atoms with Gasteiger partial charge in [0.2, 0.25) is 5.91 Å². The van der Waals surface area contributed by atoms with Gasteiger partial charge in [0, 0.05) is 38.6 Å². The molecular formula is C16H29N3O2. The highest BCUT2D eigenvalue weighted by atomic mass is 16.3. The summed E-state index contributed by atoms with van der Waals surface area (Å²) in [6.07, 6.45) is 3.45. The van der Waals surface area contributed by atoms with E-state index in [0.717, 1.165) is 45.7 Å². The van der Waals surface area contributed by atoms with Crippen molar-refractivity contribution in [2.45, 2.75) is 38.7 Å². The van der Waals surface area contributed by atoms with Gasteiger partial charge >= 0.3 is 0 Å². The summed E-state index contributed by atoms with van der Waals surface area (Å²) in [5.74, 6) is 0.681. The minimum absolute atomic E-state index is 0.292. The quantitative estimate of drug-likeness (QED) is 0.786. The number of amides is 1. The monoisotopic (exact) mass is 295 g/mol. The van der Waals surface area contributed by atoms with Crippen molar-refractivity contribution >= 4 is 5.91 Å². The van der Waals surface area contributed by atoms with Crippen LogP contribution in [0.3, 0.4) is 0 Å². The number of piperidine rings is 1. The summed E-state index contributed by atoms with van der Waals surface area (Å²) in [5, 5.41) is 13.3. The summed E-state index contributed by atoms with van der Waals surface area (Å²) >= 11 is 0. The standard InChI is InChI=1S/C16H29N3O2/c1-15(2,21)12-18-7-9-19(10-8-18)14(20)13-11-16(13)3-5-17-6-4-16/h13,17,21H,3-12H2,1-2H3. The molecule has 1 unspecified atom stereocenters. The molecule has 21 heavy (non-hydrogen) atoms. The van der Waals surface area contributed by atoms with Crippen LogP contribution in [0.2, 0.25) is 0 Å². The summed E-state index contributed by atoms with van der Waals surface area (Å²) in [5.41, 5.74) is -0.311. The zero-order valence-corrected chi connectivity index (χ0v) is 13.4. The Labute approximate surface area is 127 Å². The fourth-order valence-corrected chi connectivity index (χ4v) is 4.07. The molecule has 3 rings (SSSR count). The largest absolute Gasteiger partial charge is 0.389 e. The number of nitrogens with one attached hydrogen (secondary N) is 1. The Kier molecular flexibility index (Phi) is 4.01. The molecule has 5 nitrogen and oxygen atoms in total. The maximum atomic E-state index is 12.7. The highest BCUT2D eigenvalue weighted by molar-refractivity contribution is 5.82. The fraction of sp³-hybridized carbons (Fsp3) is 0.938. The van der Waals surface area contributed by atoms with Crippen LogP contribution in [-0.4, -0.2) is 72.2 Å². The van der Waals surface area contributed by atoms with Crippen molar-refractivity contribution in [3.8, 4) is 0 Å². The van der Waals surface area contributed by atoms with Gasteiger partial charge in [-0.3, -0.25) is 9.69 Å². The molecule has 0 aromatic carbocycles. The summed E-state index contributed by atoms with van der Waals surface area (Å²) in [7, 11) is 0. The second-order valence-corrected chi connectivity index (χ2v) is 7.78. The number of hydrogen-bond donors (Lipinski definition) is 2. The van der Waals surface area contributed by atoms with Crippen molar-refractivity contribution in [1.29, 1.82) is 0 Å². The van der Waals surface area contributed by atoms with E-state index in [9.17, 15) is 9.90 Å². The maximum Gasteiger partial charge on any atom is 0.226 e. The Balaban J connectivity index is 1.48. The van der Waals surface area contributed by atoms with Gasteiger partial charge in [-0.05, 0) is 51.6 Å². The van der Waals surface area contributed by atoms with Gasteiger partial charge in [0.05, 0.1) is 5.60 Å². The van der Waals surface area contributed by atoms with Gasteiger partial charge in [-0.2, -0.15) is 0 Å². The van der Waals surface area contributed by atoms with Crippen LogP contribution in [0.1, 0.15) is 33.1 Å². The second-order valence-electron chi connectivity index (χ2n) is 7.78. The van der Waals surface area contributed by atoms with Crippen molar-refractivity contribution in [2.24, 2.45) is 11.3 Å². The molecule has 120 valence electrons. The lowest BCUT2D eigenvalue weighted by Crippen LogP contribution is -2.52. The van der Waals surface area contributed by atoms with E-state index in [1.165, 1.54) is 12.8 Å². The minimum atomic E-state index is -0.651. The van der Waals surface area contributed by atoms with E-state index in [1.807, 2.05) is 13.8 Å². The highest BCUT2D eigenvalue weighted by Crippen LogP contribution is 2.59. The third-order valence-electron chi connectivity index (χ3n) is 5.38. The first-order chi connectivity index (χ1) is 9.90. The van der Waals surface area contributed by atoms with Gasteiger partial charge in [0.25, 0.3) is 0 Å². The molecule has 5 heteroatoms. The Bertz CT molecular complexity index is 391. The predicted molar refractivity (Wildman–Crippen MR) is 82.0 cm³/mol. The summed E-state index contributed by atoms with van der Waals surface area (Å²) in [6.45, 7) is 9.93. The molecular weight excluding hydrogens is 266 g/mol. The van der Waals surface area contributed by atoms with E-state index in [4.69, 9.17) is 0 Å². The van der Waals surface area contributed by atoms with Gasteiger partial charge in [0.1, 0.15) is 0 Å². The average molecular weight is 295 g/mol. The normalized spacial score (nSPS) is 29.7. The molecule has 1 atom stereocenters. The molecule has 2 aliphatic heterocycles. The number of aliphatic hydroxyl groups is 1. The third kappa shape index (κ3) is 3.41. The van der Waals surface area contributed by atoms with Crippen LogP contribution in [-0.2, 0) is 4.79 Å². The molecule has 1 saturated carbocycles. The van der Waals surface area contributed by atoms with Crippen LogP contribution in [0.5, 0.6) is 0 Å². The number of piperazine rings is 1. The van der Waals surface area contributed by atoms with Gasteiger partial charge < -0.3 is 15.3 Å². The lowest BCUT2D eigenvalue weighted by molar-refractivity contribution is -0.135. The molecule has 3 aliphatic rings. The van der Waals surface area contributed by atoms with E-state index in [-0.39, 0.29) is 0 Å². The highest BCUT2D eigenvalue weighted by Gasteiger charge is 2.58. The predicted octanol–water partition coefficient (Wildman–Crippen LogP) is 0.291. The second kappa shape index (κ2) is 5.52. The Morgan fingerprint density at radius 3 is 2.43 bits per heavy atom. The SMILES string of the molecule is CC(C)(O)CN1CCN(C(=O)C2CC23CCNCC3)CC1. The summed E-state index contributed by atoms with van der Waals surface area (Å²) in [6, 6.07) is 0. The molecule has 1 amide bonds. The van der Waals surface area contributed by atoms with E-state index in [0.29, 0.717) is 23.8 Å². The van der Waals surface area contributed by atoms with Gasteiger partial charge in [0.15, 0.2) is 0 Å². The minimum Gasteiger partial charge on any atom is -0.389 e. The molecule has 0 radical (unpaired) electrons. The van der Waals surface area contributed by atoms with Crippen molar-refractivity contribution in [2.75, 3.05) is 45.8 Å². The lowest BCUT2D eigenvalue weighted by atomic mass is 9.91. The van der Waals surface area contributed by atoms with Gasteiger partial charge in [-0.15, -0.1) is 0 Å². The average Bonchev–Trinajstić information content (AvgIpc) is 3.11. The first-order valence-electron chi connectivity index (χ1n) is 8.34. The molecule has 1 spiro atoms. The van der Waals surface area contributed by atoms with E-state index < -0.39 is 5.60 Å². The fourth-order valence-electron chi connectivity index (χ4n) is 4.07. The van der Waals surface area contributed by atoms with Crippen LogP contribution < -0.4 is 5.32 Å². The third-order valence-corrected chi connectivity index (χ3v) is 5.38. The summed E-state index contributed by atoms with van der Waals surface area (Å²) < 4.78 is 0. The Morgan fingerprint density at radius 2 is 1.86 bits per heavy atom. The van der Waals surface area contributed by atoms with Crippen molar-refractivity contribution in [1.82, 2.24) is 15.1 Å². The zero-order chi connectivity index (χ0) is 15.1. The van der Waals surface area contributed by atoms with Crippen molar-refractivity contribution < 1.29 is 9.90 Å². The number of hydrogen-bond acceptors (Lipinski definition) is 4. The lowest BCUT2D eigenvalue weighted by Gasteiger charge is -2.37. The molecule has 3 fully saturated rings. The Hall–Kier alpha value is -0.650. The molecule has 1 aliphatic carbocycles. The number of carbonyl (C=O) groups is 1. The molecule has 0 aromatic rings. The van der Waals surface area contributed by atoms with Crippen LogP contribution in [0.25, 0.3) is 0 Å². The van der Waals surface area contributed by atoms with Crippen LogP contribution in [0, 0.1) is 11.3 Å². The maximum absolute atomic E-state index is 12.7. The van der Waals surface area contributed by atoms with Crippen LogP contribution in [0.4, 0.5) is 0 Å². The number of carbonyl (C=O) groups excluding carboxylic acids is 1. The van der Waals surface area contributed by atoms with E-state index >= 15 is 0 Å². The number of nitrogens with zero attached hydrogens (tertiary/aromatic N) is 2. The van der Waals surface area contributed by atoms with Crippen LogP contribution in [0.15, 0.2) is 0 Å². The molecule has 2 saturated heterocycles. The van der Waals surface area contributed by atoms with Crippen molar-refractivity contribution in [3.05, 3.63) is 0 Å². The van der Waals surface area contributed by atoms with E-state index in [1.54, 1.807) is 0 Å². The smallest absolute Gasteiger partial charge is 0.226 e. The molecule has 2 heterocycles. The van der Waals surface area contributed by atoms with E-state index in [2.05, 4.69) is 15.1 Å². The summed E-state index contributed by atoms with van der Waals surface area (Å²) in [4.78, 5) is 17.0. The van der Waals surface area contributed by atoms with Crippen molar-refractivity contribution in [3.63, 3.8) is 0 Å². The number of β-amino-alcohol motifs (C(OH)–C–C–N with tert-alkyl or cyclic N) is 1. The topological polar surface area (TPSA) is 55.8 Å². The molecule has 2 N–H and O–H groups in total. The first kappa shape index (κ1) is 15.3. The van der Waals surface area contributed by atoms with Crippen LogP contribution >= 0.6 is 0 Å².